The fraction of sp³-hybridized carbons (Fsp3) is 0.125. The number of amides is 1. The number of rotatable bonds is 2. The van der Waals surface area contributed by atoms with E-state index in [4.69, 9.17) is 0 Å². The summed E-state index contributed by atoms with van der Waals surface area (Å²) < 4.78 is 27.2. The van der Waals surface area contributed by atoms with Gasteiger partial charge in [-0.2, -0.15) is 0 Å². The molecule has 1 N–H and O–H groups in total. The number of nitrogens with one attached hydrogen (secondary N) is 1. The Kier molecular flexibility index (Phi) is 3.25. The van der Waals surface area contributed by atoms with E-state index in [0.717, 1.165) is 12.1 Å². The van der Waals surface area contributed by atoms with Crippen LogP contribution in [0.4, 0.5) is 14.5 Å². The van der Waals surface area contributed by atoms with Crippen LogP contribution in [0.1, 0.15) is 27.9 Å². The third-order valence-electron chi connectivity index (χ3n) is 3.42. The van der Waals surface area contributed by atoms with Crippen molar-refractivity contribution in [2.75, 3.05) is 5.32 Å². The fourth-order valence-corrected chi connectivity index (χ4v) is 2.36. The Hall–Kier alpha value is -2.56. The quantitative estimate of drug-likeness (QED) is 0.863. The van der Waals surface area contributed by atoms with Crippen molar-refractivity contribution in [1.29, 1.82) is 0 Å². The van der Waals surface area contributed by atoms with Crippen molar-refractivity contribution in [3.05, 3.63) is 64.7 Å². The van der Waals surface area contributed by atoms with Crippen LogP contribution in [-0.4, -0.2) is 11.7 Å². The van der Waals surface area contributed by atoms with E-state index >= 15 is 0 Å². The number of aryl methyl sites for hydroxylation is 1. The Morgan fingerprint density at radius 2 is 1.90 bits per heavy atom. The molecule has 0 atom stereocenters. The lowest BCUT2D eigenvalue weighted by Crippen LogP contribution is -2.20. The summed E-state index contributed by atoms with van der Waals surface area (Å²) in [6, 6.07) is 7.69. The van der Waals surface area contributed by atoms with Crippen molar-refractivity contribution < 1.29 is 18.4 Å². The van der Waals surface area contributed by atoms with Crippen molar-refractivity contribution in [1.82, 2.24) is 0 Å². The Morgan fingerprint density at radius 1 is 1.10 bits per heavy atom. The highest BCUT2D eigenvalue weighted by atomic mass is 19.1. The van der Waals surface area contributed by atoms with Crippen LogP contribution in [0, 0.1) is 11.6 Å². The molecule has 0 saturated carbocycles. The standard InChI is InChI=1S/C16H11F2NO2/c17-11-3-1-2-10(6-11)16(21)12-7-9-4-5-15(20)19-14(9)8-13(12)18/h1-3,6-8H,4-5H2,(H,19,20). The summed E-state index contributed by atoms with van der Waals surface area (Å²) in [5.74, 6) is -2.03. The first-order valence-electron chi connectivity index (χ1n) is 6.47. The number of hydrogen-bond acceptors (Lipinski definition) is 2. The Bertz CT molecular complexity index is 756. The maximum atomic E-state index is 14.1. The predicted molar refractivity (Wildman–Crippen MR) is 73.2 cm³/mol. The summed E-state index contributed by atoms with van der Waals surface area (Å²) in [4.78, 5) is 23.5. The molecule has 1 amide bonds. The molecule has 1 heterocycles. The highest BCUT2D eigenvalue weighted by Crippen LogP contribution is 2.27. The second kappa shape index (κ2) is 5.09. The van der Waals surface area contributed by atoms with Crippen LogP contribution in [0.3, 0.4) is 0 Å². The molecule has 2 aromatic carbocycles. The first-order chi connectivity index (χ1) is 10.0. The normalized spacial score (nSPS) is 13.5. The molecule has 2 aromatic rings. The molecule has 21 heavy (non-hydrogen) atoms. The number of halogens is 2. The molecule has 3 nitrogen and oxygen atoms in total. The smallest absolute Gasteiger partial charge is 0.224 e. The largest absolute Gasteiger partial charge is 0.326 e. The van der Waals surface area contributed by atoms with E-state index in [0.29, 0.717) is 24.1 Å². The lowest BCUT2D eigenvalue weighted by molar-refractivity contribution is -0.116. The summed E-state index contributed by atoms with van der Waals surface area (Å²) in [7, 11) is 0. The van der Waals surface area contributed by atoms with Crippen molar-refractivity contribution >= 4 is 17.4 Å². The van der Waals surface area contributed by atoms with E-state index in [1.165, 1.54) is 24.3 Å². The molecule has 0 aromatic heterocycles. The van der Waals surface area contributed by atoms with E-state index < -0.39 is 17.4 Å². The summed E-state index contributed by atoms with van der Waals surface area (Å²) >= 11 is 0. The topological polar surface area (TPSA) is 46.2 Å². The number of carbonyl (C=O) groups excluding carboxylic acids is 2. The van der Waals surface area contributed by atoms with E-state index in [9.17, 15) is 18.4 Å². The Balaban J connectivity index is 2.03. The molecule has 0 radical (unpaired) electrons. The molecular formula is C16H11F2NO2. The fourth-order valence-electron chi connectivity index (χ4n) is 2.36. The minimum Gasteiger partial charge on any atom is -0.326 e. The van der Waals surface area contributed by atoms with Gasteiger partial charge >= 0.3 is 0 Å². The van der Waals surface area contributed by atoms with Crippen molar-refractivity contribution in [3.8, 4) is 0 Å². The van der Waals surface area contributed by atoms with Crippen LogP contribution in [0.25, 0.3) is 0 Å². The average molecular weight is 287 g/mol. The molecule has 0 bridgehead atoms. The molecular weight excluding hydrogens is 276 g/mol. The number of hydrogen-bond donors (Lipinski definition) is 1. The molecule has 0 spiro atoms. The molecule has 0 unspecified atom stereocenters. The zero-order valence-corrected chi connectivity index (χ0v) is 11.0. The van der Waals surface area contributed by atoms with Gasteiger partial charge in [0.1, 0.15) is 11.6 Å². The van der Waals surface area contributed by atoms with Crippen LogP contribution < -0.4 is 5.32 Å². The molecule has 0 aliphatic carbocycles. The van der Waals surface area contributed by atoms with Gasteiger partial charge in [0.25, 0.3) is 0 Å². The lowest BCUT2D eigenvalue weighted by Gasteiger charge is -2.18. The SMILES string of the molecule is O=C1CCc2cc(C(=O)c3cccc(F)c3)c(F)cc2N1. The van der Waals surface area contributed by atoms with E-state index in [1.54, 1.807) is 0 Å². The van der Waals surface area contributed by atoms with Gasteiger partial charge in [0.05, 0.1) is 5.56 Å². The number of fused-ring (bicyclic) bond motifs is 1. The number of anilines is 1. The van der Waals surface area contributed by atoms with E-state index in [1.807, 2.05) is 0 Å². The average Bonchev–Trinajstić information content (AvgIpc) is 2.45. The van der Waals surface area contributed by atoms with Crippen LogP contribution in [-0.2, 0) is 11.2 Å². The zero-order valence-electron chi connectivity index (χ0n) is 11.0. The van der Waals surface area contributed by atoms with Gasteiger partial charge in [-0.3, -0.25) is 9.59 Å². The molecule has 1 aliphatic heterocycles. The Labute approximate surface area is 119 Å². The second-order valence-corrected chi connectivity index (χ2v) is 4.88. The van der Waals surface area contributed by atoms with Gasteiger partial charge in [0.15, 0.2) is 5.78 Å². The van der Waals surface area contributed by atoms with Gasteiger partial charge in [-0.25, -0.2) is 8.78 Å². The van der Waals surface area contributed by atoms with E-state index in [-0.39, 0.29) is 17.0 Å². The third-order valence-corrected chi connectivity index (χ3v) is 3.42. The number of ketones is 1. The first-order valence-corrected chi connectivity index (χ1v) is 6.47. The molecule has 3 rings (SSSR count). The minimum atomic E-state index is -0.731. The predicted octanol–water partition coefficient (Wildman–Crippen LogP) is 3.08. The summed E-state index contributed by atoms with van der Waals surface area (Å²) in [5.41, 5.74) is 1.07. The van der Waals surface area contributed by atoms with Gasteiger partial charge in [-0.15, -0.1) is 0 Å². The van der Waals surface area contributed by atoms with Gasteiger partial charge in [0, 0.05) is 17.7 Å². The molecule has 5 heteroatoms. The highest BCUT2D eigenvalue weighted by Gasteiger charge is 2.21. The summed E-state index contributed by atoms with van der Waals surface area (Å²) in [5, 5.41) is 2.57. The van der Waals surface area contributed by atoms with Crippen LogP contribution in [0.15, 0.2) is 36.4 Å². The third kappa shape index (κ3) is 2.54. The molecule has 106 valence electrons. The van der Waals surface area contributed by atoms with Crippen molar-refractivity contribution in [2.24, 2.45) is 0 Å². The van der Waals surface area contributed by atoms with Crippen molar-refractivity contribution in [3.63, 3.8) is 0 Å². The van der Waals surface area contributed by atoms with Gasteiger partial charge in [-0.1, -0.05) is 12.1 Å². The Morgan fingerprint density at radius 3 is 2.67 bits per heavy atom. The second-order valence-electron chi connectivity index (χ2n) is 4.88. The molecule has 0 saturated heterocycles. The van der Waals surface area contributed by atoms with Crippen LogP contribution in [0.5, 0.6) is 0 Å². The van der Waals surface area contributed by atoms with E-state index in [2.05, 4.69) is 5.32 Å². The maximum Gasteiger partial charge on any atom is 0.224 e. The number of carbonyl (C=O) groups is 2. The zero-order chi connectivity index (χ0) is 15.0. The van der Waals surface area contributed by atoms with Crippen molar-refractivity contribution in [2.45, 2.75) is 12.8 Å². The van der Waals surface area contributed by atoms with Gasteiger partial charge in [0.2, 0.25) is 5.91 Å². The van der Waals surface area contributed by atoms with Crippen LogP contribution >= 0.6 is 0 Å². The first kappa shape index (κ1) is 13.4. The maximum absolute atomic E-state index is 14.1. The van der Waals surface area contributed by atoms with Gasteiger partial charge in [-0.05, 0) is 36.2 Å². The highest BCUT2D eigenvalue weighted by molar-refractivity contribution is 6.09. The summed E-state index contributed by atoms with van der Waals surface area (Å²) in [6.45, 7) is 0. The molecule has 1 aliphatic rings. The minimum absolute atomic E-state index is 0.0914. The van der Waals surface area contributed by atoms with Crippen LogP contribution in [0.2, 0.25) is 0 Å². The summed E-state index contributed by atoms with van der Waals surface area (Å²) in [6.07, 6.45) is 0.747. The number of benzene rings is 2. The molecule has 0 fully saturated rings. The lowest BCUT2D eigenvalue weighted by atomic mass is 9.96. The monoisotopic (exact) mass is 287 g/mol. The van der Waals surface area contributed by atoms with Gasteiger partial charge < -0.3 is 5.32 Å².